The number of fused-ring (bicyclic) bond motifs is 2. The minimum absolute atomic E-state index is 0.0101. The van der Waals surface area contributed by atoms with E-state index in [9.17, 15) is 73.5 Å². The molecule has 2 aliphatic rings. The van der Waals surface area contributed by atoms with Crippen LogP contribution in [-0.4, -0.2) is 174 Å². The normalized spacial score (nSPS) is 24.7. The molecule has 2 heterocycles. The lowest BCUT2D eigenvalue weighted by Gasteiger charge is -2.43. The number of benzene rings is 2. The lowest BCUT2D eigenvalue weighted by Crippen LogP contribution is -2.67. The highest BCUT2D eigenvalue weighted by Gasteiger charge is 2.47. The molecule has 2 bridgehead atoms. The number of esters is 1. The molecule has 2 aromatic rings. The standard InChI is InChI=1S/C54H79N9O16/c1-9-28(5)43-54(78)79-30(7)44(61-47(71)36(21-23-41(55)68)56-46(70)35(57-50(74)40(67)10-2)20-15-31-11-16-33(65)17-12-31)51(75)59-38(25-27(3)4)48(72)58-37-22-24-42(69)63(52(37)76)45(29(6)64)53(77)62(8)39(49(73)60-43)26-32-13-18-34(66)19-14-32/h11-14,16-19,27-30,35-40,42-45,64-67,69H,9-10,15,20-26H2,1-8H3,(H2,55,68)(H,56,70)(H,57,74)(H,58,72)(H,59,75)(H,60,73)(H,61,71). The van der Waals surface area contributed by atoms with Crippen LogP contribution >= 0.6 is 0 Å². The van der Waals surface area contributed by atoms with Crippen molar-refractivity contribution in [2.24, 2.45) is 17.6 Å². The molecule has 13 unspecified atom stereocenters. The second kappa shape index (κ2) is 29.6. The minimum atomic E-state index is -1.92. The van der Waals surface area contributed by atoms with Gasteiger partial charge in [0.05, 0.1) is 6.10 Å². The number of nitrogens with two attached hydrogens (primary N) is 1. The van der Waals surface area contributed by atoms with Crippen molar-refractivity contribution >= 4 is 59.1 Å². The lowest BCUT2D eigenvalue weighted by atomic mass is 9.95. The van der Waals surface area contributed by atoms with E-state index in [1.807, 2.05) is 0 Å². The van der Waals surface area contributed by atoms with E-state index in [4.69, 9.17) is 10.5 Å². The highest BCUT2D eigenvalue weighted by Crippen LogP contribution is 2.26. The number of carbonyl (C=O) groups is 10. The van der Waals surface area contributed by atoms with Crippen LogP contribution in [0.5, 0.6) is 11.5 Å². The van der Waals surface area contributed by atoms with Crippen LogP contribution < -0.4 is 37.6 Å². The van der Waals surface area contributed by atoms with Crippen molar-refractivity contribution in [1.29, 1.82) is 0 Å². The Morgan fingerprint density at radius 3 is 1.89 bits per heavy atom. The third kappa shape index (κ3) is 18.1. The SMILES string of the molecule is CCC(O)C(=O)NC(CCc1ccc(O)cc1)C(=O)NC(CCC(N)=O)C(=O)NC1C(=O)NC(CC(C)C)C(=O)NC2CCC(O)N(C2=O)C(C(C)O)C(=O)N(C)C(Cc2ccc(O)cc2)C(=O)NC(C(C)CC)C(=O)OC1C. The molecular weight excluding hydrogens is 1030 g/mol. The number of aliphatic hydroxyl groups is 3. The Bertz CT molecular complexity index is 2480. The first-order valence-electron chi connectivity index (χ1n) is 26.7. The van der Waals surface area contributed by atoms with Gasteiger partial charge in [-0.2, -0.15) is 0 Å². The highest BCUT2D eigenvalue weighted by molar-refractivity contribution is 5.99. The van der Waals surface area contributed by atoms with Crippen LogP contribution in [0.3, 0.4) is 0 Å². The summed E-state index contributed by atoms with van der Waals surface area (Å²) in [5, 5.41) is 68.0. The molecule has 79 heavy (non-hydrogen) atoms. The Morgan fingerprint density at radius 2 is 1.33 bits per heavy atom. The number of rotatable bonds is 20. The molecule has 0 radical (unpaired) electrons. The van der Waals surface area contributed by atoms with Gasteiger partial charge in [-0.3, -0.25) is 43.2 Å². The summed E-state index contributed by atoms with van der Waals surface area (Å²) in [6.07, 6.45) is -7.85. The van der Waals surface area contributed by atoms with E-state index in [2.05, 4.69) is 31.9 Å². The number of likely N-dealkylation sites (N-methyl/N-ethyl adjacent to an activating group) is 1. The molecule has 2 saturated heterocycles. The number of carbonyl (C=O) groups excluding carboxylic acids is 10. The Labute approximate surface area is 459 Å². The summed E-state index contributed by atoms with van der Waals surface area (Å²) in [6.45, 7) is 10.7. The number of aryl methyl sites for hydroxylation is 1. The Hall–Kier alpha value is -7.38. The predicted octanol–water partition coefficient (Wildman–Crippen LogP) is -1.23. The molecule has 9 amide bonds. The van der Waals surface area contributed by atoms with E-state index in [1.54, 1.807) is 39.8 Å². The van der Waals surface area contributed by atoms with Gasteiger partial charge in [0.25, 0.3) is 0 Å². The molecule has 13 atom stereocenters. The molecule has 0 aromatic heterocycles. The number of primary amides is 1. The summed E-state index contributed by atoms with van der Waals surface area (Å²) >= 11 is 0. The van der Waals surface area contributed by atoms with Gasteiger partial charge >= 0.3 is 5.97 Å². The van der Waals surface area contributed by atoms with E-state index in [0.717, 1.165) is 9.80 Å². The summed E-state index contributed by atoms with van der Waals surface area (Å²) in [5.41, 5.74) is 6.56. The zero-order valence-electron chi connectivity index (χ0n) is 46.0. The first-order chi connectivity index (χ1) is 37.2. The number of cyclic esters (lactones) is 1. The number of hydrogen-bond donors (Lipinski definition) is 12. The number of nitrogens with one attached hydrogen (secondary N) is 6. The number of ether oxygens (including phenoxy) is 1. The summed E-state index contributed by atoms with van der Waals surface area (Å²) in [7, 11) is 1.23. The van der Waals surface area contributed by atoms with Gasteiger partial charge in [0.15, 0.2) is 0 Å². The van der Waals surface area contributed by atoms with Crippen molar-refractivity contribution in [3.63, 3.8) is 0 Å². The van der Waals surface area contributed by atoms with Crippen LogP contribution in [0.1, 0.15) is 111 Å². The van der Waals surface area contributed by atoms with Crippen LogP contribution in [0.15, 0.2) is 48.5 Å². The maximum atomic E-state index is 14.8. The predicted molar refractivity (Wildman–Crippen MR) is 283 cm³/mol. The van der Waals surface area contributed by atoms with E-state index in [1.165, 1.54) is 64.2 Å². The van der Waals surface area contributed by atoms with Gasteiger partial charge in [0.1, 0.15) is 78.3 Å². The monoisotopic (exact) mass is 1110 g/mol. The number of amides is 9. The fourth-order valence-corrected chi connectivity index (χ4v) is 9.20. The molecular formula is C54H79N9O16. The Kier molecular flexibility index (Phi) is 24.0. The van der Waals surface area contributed by atoms with Crippen LogP contribution in [0.25, 0.3) is 0 Å². The van der Waals surface area contributed by atoms with E-state index in [-0.39, 0.29) is 68.8 Å². The van der Waals surface area contributed by atoms with Crippen LogP contribution in [0.2, 0.25) is 0 Å². The third-order valence-electron chi connectivity index (χ3n) is 14.1. The van der Waals surface area contributed by atoms with Crippen molar-refractivity contribution in [1.82, 2.24) is 41.7 Å². The Morgan fingerprint density at radius 1 is 0.747 bits per heavy atom. The van der Waals surface area contributed by atoms with Gasteiger partial charge in [-0.25, -0.2) is 4.79 Å². The van der Waals surface area contributed by atoms with Gasteiger partial charge in [-0.05, 0) is 106 Å². The van der Waals surface area contributed by atoms with Gasteiger partial charge in [-0.1, -0.05) is 65.3 Å². The molecule has 4 rings (SSSR count). The third-order valence-corrected chi connectivity index (χ3v) is 14.1. The molecule has 0 aliphatic carbocycles. The van der Waals surface area contributed by atoms with Gasteiger partial charge in [0, 0.05) is 19.9 Å². The minimum Gasteiger partial charge on any atom is -0.508 e. The van der Waals surface area contributed by atoms with Crippen molar-refractivity contribution < 1.29 is 78.2 Å². The van der Waals surface area contributed by atoms with Crippen molar-refractivity contribution in [3.8, 4) is 11.5 Å². The summed E-state index contributed by atoms with van der Waals surface area (Å²) in [6, 6.07) is -1.10. The fraction of sp³-hybridized carbons (Fsp3) is 0.593. The number of piperidine rings is 1. The molecule has 25 nitrogen and oxygen atoms in total. The molecule has 13 N–H and O–H groups in total. The maximum Gasteiger partial charge on any atom is 0.329 e. The molecule has 0 spiro atoms. The largest absolute Gasteiger partial charge is 0.508 e. The zero-order valence-corrected chi connectivity index (χ0v) is 46.0. The van der Waals surface area contributed by atoms with Crippen molar-refractivity contribution in [2.75, 3.05) is 7.05 Å². The summed E-state index contributed by atoms with van der Waals surface area (Å²) in [5.74, 6) is -11.1. The first-order valence-corrected chi connectivity index (χ1v) is 26.7. The maximum absolute atomic E-state index is 14.8. The zero-order chi connectivity index (χ0) is 59.0. The molecule has 2 aromatic carbocycles. The van der Waals surface area contributed by atoms with Crippen LogP contribution in [0, 0.1) is 11.8 Å². The van der Waals surface area contributed by atoms with Gasteiger partial charge < -0.3 is 77.7 Å². The topological polar surface area (TPSA) is 386 Å². The second-order valence-corrected chi connectivity index (χ2v) is 20.8. The first kappa shape index (κ1) is 64.1. The quantitative estimate of drug-likeness (QED) is 0.0691. The average molecular weight is 1110 g/mol. The van der Waals surface area contributed by atoms with Crippen molar-refractivity contribution in [3.05, 3.63) is 59.7 Å². The number of aliphatic hydroxyl groups excluding tert-OH is 3. The van der Waals surface area contributed by atoms with Crippen LogP contribution in [0.4, 0.5) is 0 Å². The van der Waals surface area contributed by atoms with Crippen LogP contribution in [-0.2, 0) is 65.5 Å². The number of phenolic OH excluding ortho intramolecular Hbond substituents is 2. The smallest absolute Gasteiger partial charge is 0.329 e. The number of phenols is 2. The second-order valence-electron chi connectivity index (χ2n) is 20.8. The molecule has 2 aliphatic heterocycles. The van der Waals surface area contributed by atoms with E-state index >= 15 is 0 Å². The summed E-state index contributed by atoms with van der Waals surface area (Å²) < 4.78 is 5.93. The lowest BCUT2D eigenvalue weighted by molar-refractivity contribution is -0.170. The Balaban J connectivity index is 1.84. The fourth-order valence-electron chi connectivity index (χ4n) is 9.20. The highest BCUT2D eigenvalue weighted by atomic mass is 16.5. The molecule has 25 heteroatoms. The molecule has 0 saturated carbocycles. The van der Waals surface area contributed by atoms with Gasteiger partial charge in [0.2, 0.25) is 53.2 Å². The van der Waals surface area contributed by atoms with Crippen molar-refractivity contribution in [2.45, 2.75) is 186 Å². The van der Waals surface area contributed by atoms with E-state index < -0.39 is 151 Å². The molecule has 436 valence electrons. The summed E-state index contributed by atoms with van der Waals surface area (Å²) in [4.78, 5) is 143. The number of aromatic hydroxyl groups is 2. The number of nitrogens with zero attached hydrogens (tertiary/aromatic N) is 2. The number of hydrogen-bond acceptors (Lipinski definition) is 16. The molecule has 2 fully saturated rings. The van der Waals surface area contributed by atoms with E-state index in [0.29, 0.717) is 11.1 Å². The average Bonchev–Trinajstić information content (AvgIpc) is 3.43. The van der Waals surface area contributed by atoms with Gasteiger partial charge in [-0.15, -0.1) is 0 Å².